The highest BCUT2D eigenvalue weighted by molar-refractivity contribution is 5.95. The van der Waals surface area contributed by atoms with Crippen molar-refractivity contribution in [2.24, 2.45) is 0 Å². The summed E-state index contributed by atoms with van der Waals surface area (Å²) >= 11 is 0. The Labute approximate surface area is 244 Å². The van der Waals surface area contributed by atoms with E-state index < -0.39 is 41.0 Å². The SMILES string of the molecule is COc1ccncc1CCCN1CCN(C(=O)c2cc(C(F)(F)F)cc(C(F)(F)F)c2)[C@H](Cc2c[nH]c3ccccc23)C1. The minimum absolute atomic E-state index is 0.0371. The van der Waals surface area contributed by atoms with Crippen molar-refractivity contribution < 1.29 is 35.9 Å². The van der Waals surface area contributed by atoms with Gasteiger partial charge >= 0.3 is 12.4 Å². The van der Waals surface area contributed by atoms with E-state index in [1.165, 1.54) is 4.90 Å². The number of fused-ring (bicyclic) bond motifs is 1. The van der Waals surface area contributed by atoms with Gasteiger partial charge in [-0.1, -0.05) is 18.2 Å². The summed E-state index contributed by atoms with van der Waals surface area (Å²) in [7, 11) is 1.59. The summed E-state index contributed by atoms with van der Waals surface area (Å²) in [6.07, 6.45) is -3.03. The van der Waals surface area contributed by atoms with Crippen molar-refractivity contribution in [1.29, 1.82) is 0 Å². The monoisotopic (exact) mass is 604 g/mol. The molecule has 2 aromatic heterocycles. The molecule has 228 valence electrons. The number of hydrogen-bond donors (Lipinski definition) is 1. The topological polar surface area (TPSA) is 61.5 Å². The standard InChI is InChI=1S/C31H30F6N4O2/c1-43-28-8-9-38-17-20(28)5-4-10-40-11-12-41(25(19-40)15-22-18-39-27-7-3-2-6-26(22)27)29(42)21-13-23(30(32,33)34)16-24(14-21)31(35,36)37/h2-3,6-9,13-14,16-18,25,39H,4-5,10-12,15,19H2,1H3/t25-/m1/s1. The first-order valence-electron chi connectivity index (χ1n) is 13.8. The molecular weight excluding hydrogens is 574 g/mol. The molecule has 1 aliphatic heterocycles. The summed E-state index contributed by atoms with van der Waals surface area (Å²) < 4.78 is 86.7. The molecule has 1 aliphatic rings. The normalized spacial score (nSPS) is 16.5. The fourth-order valence-electron chi connectivity index (χ4n) is 5.66. The lowest BCUT2D eigenvalue weighted by molar-refractivity contribution is -0.143. The van der Waals surface area contributed by atoms with E-state index in [1.807, 2.05) is 30.5 Å². The van der Waals surface area contributed by atoms with Crippen LogP contribution in [0.2, 0.25) is 0 Å². The van der Waals surface area contributed by atoms with E-state index in [1.54, 1.807) is 25.6 Å². The van der Waals surface area contributed by atoms with Gasteiger partial charge in [0.25, 0.3) is 5.91 Å². The number of carbonyl (C=O) groups excluding carboxylic acids is 1. The zero-order valence-corrected chi connectivity index (χ0v) is 23.3. The maximum absolute atomic E-state index is 13.7. The minimum atomic E-state index is -5.05. The Hall–Kier alpha value is -4.06. The number of alkyl halides is 6. The van der Waals surface area contributed by atoms with Crippen molar-refractivity contribution in [2.75, 3.05) is 33.3 Å². The van der Waals surface area contributed by atoms with E-state index in [0.29, 0.717) is 44.6 Å². The van der Waals surface area contributed by atoms with E-state index in [0.717, 1.165) is 34.2 Å². The Morgan fingerprint density at radius 2 is 1.72 bits per heavy atom. The van der Waals surface area contributed by atoms with Gasteiger partial charge in [0.15, 0.2) is 0 Å². The summed E-state index contributed by atoms with van der Waals surface area (Å²) in [5.74, 6) is -0.122. The van der Waals surface area contributed by atoms with Crippen molar-refractivity contribution in [2.45, 2.75) is 37.7 Å². The number of nitrogens with one attached hydrogen (secondary N) is 1. The molecule has 12 heteroatoms. The number of halogens is 6. The number of ether oxygens (including phenoxy) is 1. The van der Waals surface area contributed by atoms with Gasteiger partial charge in [-0.2, -0.15) is 26.3 Å². The number of para-hydroxylation sites is 1. The van der Waals surface area contributed by atoms with Gasteiger partial charge in [0.2, 0.25) is 0 Å². The van der Waals surface area contributed by atoms with Crippen LogP contribution < -0.4 is 4.74 Å². The van der Waals surface area contributed by atoms with Crippen LogP contribution in [0.5, 0.6) is 5.75 Å². The predicted molar refractivity (Wildman–Crippen MR) is 149 cm³/mol. The van der Waals surface area contributed by atoms with Crippen LogP contribution in [0.15, 0.2) is 67.1 Å². The number of aromatic amines is 1. The first-order valence-corrected chi connectivity index (χ1v) is 13.8. The van der Waals surface area contributed by atoms with E-state index in [9.17, 15) is 31.1 Å². The molecule has 1 N–H and O–H groups in total. The van der Waals surface area contributed by atoms with Gasteiger partial charge in [0.05, 0.1) is 18.2 Å². The molecule has 6 nitrogen and oxygen atoms in total. The summed E-state index contributed by atoms with van der Waals surface area (Å²) in [6, 6.07) is 9.94. The molecule has 0 unspecified atom stereocenters. The van der Waals surface area contributed by atoms with Gasteiger partial charge in [0.1, 0.15) is 5.75 Å². The highest BCUT2D eigenvalue weighted by Gasteiger charge is 2.39. The number of pyridine rings is 1. The van der Waals surface area contributed by atoms with Crippen molar-refractivity contribution in [3.8, 4) is 5.75 Å². The van der Waals surface area contributed by atoms with Crippen molar-refractivity contribution in [1.82, 2.24) is 19.8 Å². The molecule has 2 aromatic carbocycles. The number of aromatic nitrogens is 2. The molecule has 0 aliphatic carbocycles. The van der Waals surface area contributed by atoms with Crippen molar-refractivity contribution in [3.05, 3.63) is 94.9 Å². The molecule has 0 bridgehead atoms. The number of rotatable bonds is 8. The van der Waals surface area contributed by atoms with Gasteiger partial charge < -0.3 is 14.6 Å². The van der Waals surface area contributed by atoms with Crippen LogP contribution in [-0.4, -0.2) is 65.0 Å². The van der Waals surface area contributed by atoms with Crippen LogP contribution in [0, 0.1) is 0 Å². The third-order valence-corrected chi connectivity index (χ3v) is 7.79. The molecule has 0 spiro atoms. The Kier molecular flexibility index (Phi) is 8.68. The number of amides is 1. The molecule has 5 rings (SSSR count). The number of piperazine rings is 1. The fraction of sp³-hybridized carbons (Fsp3) is 0.355. The average Bonchev–Trinajstić information content (AvgIpc) is 3.39. The molecule has 1 saturated heterocycles. The van der Waals surface area contributed by atoms with Gasteiger partial charge in [0, 0.05) is 66.3 Å². The Balaban J connectivity index is 1.40. The Bertz CT molecular complexity index is 1550. The molecule has 1 amide bonds. The molecular formula is C31H30F6N4O2. The first kappa shape index (κ1) is 30.4. The maximum Gasteiger partial charge on any atom is 0.416 e. The lowest BCUT2D eigenvalue weighted by atomic mass is 9.98. The zero-order valence-electron chi connectivity index (χ0n) is 23.3. The molecule has 0 radical (unpaired) electrons. The molecule has 1 atom stereocenters. The second-order valence-electron chi connectivity index (χ2n) is 10.6. The lowest BCUT2D eigenvalue weighted by Crippen LogP contribution is -2.56. The number of benzene rings is 2. The summed E-state index contributed by atoms with van der Waals surface area (Å²) in [6.45, 7) is 1.65. The summed E-state index contributed by atoms with van der Waals surface area (Å²) in [4.78, 5) is 24.6. The van der Waals surface area contributed by atoms with Crippen LogP contribution in [0.25, 0.3) is 10.9 Å². The molecule has 1 fully saturated rings. The predicted octanol–water partition coefficient (Wildman–Crippen LogP) is 6.61. The Morgan fingerprint density at radius 3 is 2.42 bits per heavy atom. The molecule has 4 aromatic rings. The third kappa shape index (κ3) is 6.96. The number of H-pyrrole nitrogens is 1. The fourth-order valence-corrected chi connectivity index (χ4v) is 5.66. The largest absolute Gasteiger partial charge is 0.496 e. The minimum Gasteiger partial charge on any atom is -0.496 e. The average molecular weight is 605 g/mol. The molecule has 0 saturated carbocycles. The van der Waals surface area contributed by atoms with Gasteiger partial charge in [-0.3, -0.25) is 14.7 Å². The summed E-state index contributed by atoms with van der Waals surface area (Å²) in [5, 5.41) is 0.939. The summed E-state index contributed by atoms with van der Waals surface area (Å²) in [5.41, 5.74) is -0.907. The van der Waals surface area contributed by atoms with Gasteiger partial charge in [-0.15, -0.1) is 0 Å². The van der Waals surface area contributed by atoms with E-state index in [4.69, 9.17) is 4.74 Å². The van der Waals surface area contributed by atoms with E-state index >= 15 is 0 Å². The van der Waals surface area contributed by atoms with Gasteiger partial charge in [-0.25, -0.2) is 0 Å². The van der Waals surface area contributed by atoms with Crippen molar-refractivity contribution in [3.63, 3.8) is 0 Å². The van der Waals surface area contributed by atoms with Crippen LogP contribution in [0.4, 0.5) is 26.3 Å². The second-order valence-corrected chi connectivity index (χ2v) is 10.6. The highest BCUT2D eigenvalue weighted by atomic mass is 19.4. The quantitative estimate of drug-likeness (QED) is 0.230. The Morgan fingerprint density at radius 1 is 1.00 bits per heavy atom. The number of methoxy groups -OCH3 is 1. The number of nitrogens with zero attached hydrogens (tertiary/aromatic N) is 3. The van der Waals surface area contributed by atoms with Crippen molar-refractivity contribution >= 4 is 16.8 Å². The molecule has 43 heavy (non-hydrogen) atoms. The number of aryl methyl sites for hydroxylation is 1. The zero-order chi connectivity index (χ0) is 30.8. The van der Waals surface area contributed by atoms with Crippen LogP contribution in [0.1, 0.15) is 39.0 Å². The third-order valence-electron chi connectivity index (χ3n) is 7.79. The van der Waals surface area contributed by atoms with Crippen LogP contribution in [0.3, 0.4) is 0 Å². The highest BCUT2D eigenvalue weighted by Crippen LogP contribution is 2.37. The molecule has 3 heterocycles. The number of hydrogen-bond acceptors (Lipinski definition) is 4. The van der Waals surface area contributed by atoms with E-state index in [-0.39, 0.29) is 12.6 Å². The van der Waals surface area contributed by atoms with Crippen LogP contribution >= 0.6 is 0 Å². The van der Waals surface area contributed by atoms with E-state index in [2.05, 4.69) is 14.9 Å². The van der Waals surface area contributed by atoms with Crippen LogP contribution in [-0.2, 0) is 25.2 Å². The lowest BCUT2D eigenvalue weighted by Gasteiger charge is -2.42. The smallest absolute Gasteiger partial charge is 0.416 e. The second kappa shape index (κ2) is 12.3. The number of carbonyl (C=O) groups is 1. The van der Waals surface area contributed by atoms with Gasteiger partial charge in [-0.05, 0) is 61.7 Å². The first-order chi connectivity index (χ1) is 20.4. The maximum atomic E-state index is 13.7.